The zero-order chi connectivity index (χ0) is 25.2. The van der Waals surface area contributed by atoms with Gasteiger partial charge >= 0.3 is 0 Å². The van der Waals surface area contributed by atoms with E-state index in [-0.39, 0.29) is 0 Å². The molecule has 0 saturated carbocycles. The number of rotatable bonds is 4. The maximum absolute atomic E-state index is 4.11. The fourth-order valence-electron chi connectivity index (χ4n) is 5.07. The van der Waals surface area contributed by atoms with Crippen LogP contribution in [0, 0.1) is 0 Å². The Hall–Kier alpha value is -4.62. The molecule has 178 valence electrons. The van der Waals surface area contributed by atoms with E-state index in [1.807, 2.05) is 0 Å². The van der Waals surface area contributed by atoms with E-state index in [9.17, 15) is 0 Å². The smallest absolute Gasteiger partial charge is 0.0461 e. The van der Waals surface area contributed by atoms with Crippen LogP contribution in [-0.4, -0.2) is 0 Å². The number of hydrogen-bond acceptors (Lipinski definition) is 1. The van der Waals surface area contributed by atoms with Crippen molar-refractivity contribution < 1.29 is 0 Å². The number of benzene rings is 3. The first-order valence-electron chi connectivity index (χ1n) is 12.8. The largest absolute Gasteiger partial charge is 0.311 e. The molecule has 0 bridgehead atoms. The molecule has 0 spiro atoms. The van der Waals surface area contributed by atoms with Crippen LogP contribution in [0.2, 0.25) is 0 Å². The summed E-state index contributed by atoms with van der Waals surface area (Å²) in [5.74, 6) is 0. The molecule has 0 aromatic heterocycles. The molecular formula is C36H29N. The number of hydrogen-bond donors (Lipinski definition) is 0. The van der Waals surface area contributed by atoms with E-state index in [1.54, 1.807) is 0 Å². The molecule has 37 heavy (non-hydrogen) atoms. The van der Waals surface area contributed by atoms with Gasteiger partial charge in [-0.1, -0.05) is 121 Å². The SMILES string of the molecule is C=C1C=CC(N(C2=CCC(=C)C=C2)c2ccc(C=C3c4ccccc4C=Cc4ccccc43)cc2)=CC1. The summed E-state index contributed by atoms with van der Waals surface area (Å²) in [4.78, 5) is 2.32. The fourth-order valence-corrected chi connectivity index (χ4v) is 5.07. The maximum atomic E-state index is 4.11. The van der Waals surface area contributed by atoms with Crippen molar-refractivity contribution >= 4 is 29.5 Å². The van der Waals surface area contributed by atoms with Crippen molar-refractivity contribution in [1.82, 2.24) is 0 Å². The lowest BCUT2D eigenvalue weighted by Crippen LogP contribution is -2.21. The van der Waals surface area contributed by atoms with Gasteiger partial charge in [-0.3, -0.25) is 0 Å². The Labute approximate surface area is 219 Å². The van der Waals surface area contributed by atoms with Crippen molar-refractivity contribution in [3.8, 4) is 0 Å². The molecule has 0 N–H and O–H groups in total. The second-order valence-corrected chi connectivity index (χ2v) is 9.64. The van der Waals surface area contributed by atoms with Crippen LogP contribution in [0.15, 0.2) is 145 Å². The molecule has 3 aromatic rings. The predicted molar refractivity (Wildman–Crippen MR) is 160 cm³/mol. The average molecular weight is 476 g/mol. The zero-order valence-electron chi connectivity index (χ0n) is 20.9. The molecule has 0 aliphatic heterocycles. The normalized spacial score (nSPS) is 15.9. The van der Waals surface area contributed by atoms with Gasteiger partial charge in [0, 0.05) is 17.1 Å². The van der Waals surface area contributed by atoms with Gasteiger partial charge in [0.1, 0.15) is 0 Å². The standard InChI is InChI=1S/C36H29N/c1-26-11-19-31(20-12-26)37(32-21-13-27(2)14-22-32)33-23-15-28(16-24-33)25-36-34-9-5-3-7-29(34)17-18-30-8-4-6-10-35(30)36/h3-11,13,15-25H,1-2,12,14H2. The van der Waals surface area contributed by atoms with E-state index in [4.69, 9.17) is 0 Å². The van der Waals surface area contributed by atoms with Gasteiger partial charge in [0.2, 0.25) is 0 Å². The monoisotopic (exact) mass is 475 g/mol. The van der Waals surface area contributed by atoms with E-state index in [0.717, 1.165) is 29.7 Å². The van der Waals surface area contributed by atoms with Crippen LogP contribution in [0.3, 0.4) is 0 Å². The molecule has 0 heterocycles. The minimum atomic E-state index is 0.864. The fraction of sp³-hybridized carbons (Fsp3) is 0.0556. The second kappa shape index (κ2) is 9.79. The summed E-state index contributed by atoms with van der Waals surface area (Å²) in [7, 11) is 0. The molecule has 1 nitrogen and oxygen atoms in total. The van der Waals surface area contributed by atoms with E-state index in [1.165, 1.54) is 44.8 Å². The van der Waals surface area contributed by atoms with Crippen LogP contribution < -0.4 is 4.90 Å². The maximum Gasteiger partial charge on any atom is 0.0461 e. The summed E-state index contributed by atoms with van der Waals surface area (Å²) in [5.41, 5.74) is 13.1. The molecule has 0 amide bonds. The van der Waals surface area contributed by atoms with Crippen molar-refractivity contribution in [2.24, 2.45) is 0 Å². The van der Waals surface area contributed by atoms with E-state index < -0.39 is 0 Å². The van der Waals surface area contributed by atoms with E-state index in [2.05, 4.69) is 146 Å². The Morgan fingerprint density at radius 2 is 1.08 bits per heavy atom. The Morgan fingerprint density at radius 3 is 1.57 bits per heavy atom. The summed E-state index contributed by atoms with van der Waals surface area (Å²) >= 11 is 0. The highest BCUT2D eigenvalue weighted by atomic mass is 15.2. The highest BCUT2D eigenvalue weighted by Gasteiger charge is 2.18. The number of allylic oxidation sites excluding steroid dienone is 8. The van der Waals surface area contributed by atoms with Gasteiger partial charge < -0.3 is 4.90 Å². The van der Waals surface area contributed by atoms with Crippen molar-refractivity contribution in [3.05, 3.63) is 173 Å². The lowest BCUT2D eigenvalue weighted by atomic mass is 9.92. The molecule has 3 aliphatic carbocycles. The van der Waals surface area contributed by atoms with Gasteiger partial charge in [-0.15, -0.1) is 0 Å². The Kier molecular flexibility index (Phi) is 6.04. The van der Waals surface area contributed by atoms with Crippen LogP contribution >= 0.6 is 0 Å². The zero-order valence-corrected chi connectivity index (χ0v) is 20.9. The summed E-state index contributed by atoms with van der Waals surface area (Å²) < 4.78 is 0. The Balaban J connectivity index is 1.40. The Morgan fingerprint density at radius 1 is 0.568 bits per heavy atom. The molecule has 3 aromatic carbocycles. The van der Waals surface area contributed by atoms with Gasteiger partial charge in [0.15, 0.2) is 0 Å². The highest BCUT2D eigenvalue weighted by Crippen LogP contribution is 2.36. The van der Waals surface area contributed by atoms with Crippen LogP contribution in [0.5, 0.6) is 0 Å². The summed E-state index contributed by atoms with van der Waals surface area (Å²) in [6.07, 6.45) is 21.5. The van der Waals surface area contributed by atoms with Crippen LogP contribution in [-0.2, 0) is 0 Å². The first kappa shape index (κ1) is 22.8. The molecule has 3 aliphatic rings. The third kappa shape index (κ3) is 4.64. The molecule has 0 atom stereocenters. The first-order valence-corrected chi connectivity index (χ1v) is 12.8. The van der Waals surface area contributed by atoms with Gasteiger partial charge in [-0.25, -0.2) is 0 Å². The van der Waals surface area contributed by atoms with Gasteiger partial charge in [-0.05, 0) is 76.6 Å². The molecule has 6 rings (SSSR count). The van der Waals surface area contributed by atoms with Crippen molar-refractivity contribution in [1.29, 1.82) is 0 Å². The number of nitrogens with zero attached hydrogens (tertiary/aromatic N) is 1. The minimum Gasteiger partial charge on any atom is -0.311 e. The van der Waals surface area contributed by atoms with E-state index in [0.29, 0.717) is 0 Å². The molecular weight excluding hydrogens is 446 g/mol. The first-order chi connectivity index (χ1) is 18.2. The molecule has 1 heteroatoms. The lowest BCUT2D eigenvalue weighted by Gasteiger charge is -2.30. The third-order valence-corrected chi connectivity index (χ3v) is 7.05. The highest BCUT2D eigenvalue weighted by molar-refractivity contribution is 6.00. The van der Waals surface area contributed by atoms with Crippen LogP contribution in [0.1, 0.15) is 40.7 Å². The quantitative estimate of drug-likeness (QED) is 0.284. The predicted octanol–water partition coefficient (Wildman–Crippen LogP) is 9.37. The molecule has 0 unspecified atom stereocenters. The summed E-state index contributed by atoms with van der Waals surface area (Å²) in [6, 6.07) is 26.1. The van der Waals surface area contributed by atoms with Gasteiger partial charge in [-0.2, -0.15) is 0 Å². The molecule has 0 fully saturated rings. The van der Waals surface area contributed by atoms with Gasteiger partial charge in [0.05, 0.1) is 0 Å². The minimum absolute atomic E-state index is 0.864. The van der Waals surface area contributed by atoms with Crippen LogP contribution in [0.25, 0.3) is 23.8 Å². The average Bonchev–Trinajstić information content (AvgIpc) is 3.09. The van der Waals surface area contributed by atoms with Gasteiger partial charge in [0.25, 0.3) is 0 Å². The lowest BCUT2D eigenvalue weighted by molar-refractivity contribution is 1.07. The van der Waals surface area contributed by atoms with Crippen LogP contribution in [0.4, 0.5) is 5.69 Å². The topological polar surface area (TPSA) is 3.24 Å². The van der Waals surface area contributed by atoms with Crippen molar-refractivity contribution in [2.75, 3.05) is 4.90 Å². The summed E-state index contributed by atoms with van der Waals surface area (Å²) in [5, 5.41) is 0. The second-order valence-electron chi connectivity index (χ2n) is 9.64. The van der Waals surface area contributed by atoms with E-state index >= 15 is 0 Å². The van der Waals surface area contributed by atoms with Crippen molar-refractivity contribution in [2.45, 2.75) is 12.8 Å². The third-order valence-electron chi connectivity index (χ3n) is 7.05. The number of anilines is 1. The number of fused-ring (bicyclic) bond motifs is 2. The molecule has 0 saturated heterocycles. The summed E-state index contributed by atoms with van der Waals surface area (Å²) in [6.45, 7) is 8.22. The Bertz CT molecular complexity index is 1490. The molecule has 0 radical (unpaired) electrons. The van der Waals surface area contributed by atoms with Crippen molar-refractivity contribution in [3.63, 3.8) is 0 Å².